The van der Waals surface area contributed by atoms with Gasteiger partial charge >= 0.3 is 0 Å². The molecule has 6 rings (SSSR count). The van der Waals surface area contributed by atoms with Crippen LogP contribution < -0.4 is 4.90 Å². The molecule has 0 fully saturated rings. The quantitative estimate of drug-likeness (QED) is 0.315. The number of fused-ring (bicyclic) bond motifs is 9. The van der Waals surface area contributed by atoms with Gasteiger partial charge in [0, 0.05) is 28.4 Å². The van der Waals surface area contributed by atoms with Crippen molar-refractivity contribution in [2.75, 3.05) is 11.4 Å². The molecule has 134 valence electrons. The van der Waals surface area contributed by atoms with Crippen LogP contribution in [0.15, 0.2) is 91.0 Å². The maximum absolute atomic E-state index is 2.45. The van der Waals surface area contributed by atoms with E-state index in [9.17, 15) is 0 Å². The fraction of sp³-hybridized carbons (Fsp3) is 0.0769. The van der Waals surface area contributed by atoms with Crippen LogP contribution in [0.4, 0.5) is 11.5 Å². The van der Waals surface area contributed by atoms with Gasteiger partial charge in [-0.1, -0.05) is 72.8 Å². The Labute approximate surface area is 164 Å². The third-order valence-corrected chi connectivity index (χ3v) is 5.89. The van der Waals surface area contributed by atoms with Crippen LogP contribution in [-0.2, 0) is 0 Å². The molecule has 0 radical (unpaired) electrons. The standard InChI is InChI=1S/C26H20N2/c1-2-27-24-14-8-6-12-21(24)22-16-15-18-9-3-5-11-20(18)26(22)28-23-13-7-4-10-19(23)17-25(27)28/h3-17H,2H2,1H3. The first-order chi connectivity index (χ1) is 13.9. The predicted molar refractivity (Wildman–Crippen MR) is 119 cm³/mol. The zero-order valence-electron chi connectivity index (χ0n) is 15.8. The smallest absolute Gasteiger partial charge is 0.118 e. The van der Waals surface area contributed by atoms with Crippen LogP contribution in [0, 0.1) is 0 Å². The molecule has 0 atom stereocenters. The van der Waals surface area contributed by atoms with Gasteiger partial charge in [-0.3, -0.25) is 4.57 Å². The number of rotatable bonds is 1. The lowest BCUT2D eigenvalue weighted by Crippen LogP contribution is -2.18. The zero-order chi connectivity index (χ0) is 18.7. The molecule has 1 aromatic heterocycles. The summed E-state index contributed by atoms with van der Waals surface area (Å²) in [6, 6.07) is 33.0. The summed E-state index contributed by atoms with van der Waals surface area (Å²) in [7, 11) is 0. The first-order valence-corrected chi connectivity index (χ1v) is 9.86. The third kappa shape index (κ3) is 1.97. The van der Waals surface area contributed by atoms with Gasteiger partial charge in [0.2, 0.25) is 0 Å². The fourth-order valence-electron chi connectivity index (χ4n) is 4.68. The van der Waals surface area contributed by atoms with Gasteiger partial charge in [-0.05, 0) is 30.5 Å². The largest absolute Gasteiger partial charge is 0.327 e. The average molecular weight is 360 g/mol. The number of para-hydroxylation sites is 2. The van der Waals surface area contributed by atoms with E-state index in [2.05, 4.69) is 107 Å². The van der Waals surface area contributed by atoms with E-state index >= 15 is 0 Å². The van der Waals surface area contributed by atoms with E-state index in [-0.39, 0.29) is 0 Å². The van der Waals surface area contributed by atoms with Crippen molar-refractivity contribution in [3.63, 3.8) is 0 Å². The van der Waals surface area contributed by atoms with Crippen LogP contribution in [0.5, 0.6) is 0 Å². The molecule has 0 saturated heterocycles. The number of benzene rings is 4. The van der Waals surface area contributed by atoms with Crippen molar-refractivity contribution in [2.45, 2.75) is 6.92 Å². The van der Waals surface area contributed by atoms with Crippen molar-refractivity contribution in [1.29, 1.82) is 0 Å². The Morgan fingerprint density at radius 2 is 1.43 bits per heavy atom. The van der Waals surface area contributed by atoms with Gasteiger partial charge in [-0.2, -0.15) is 0 Å². The molecule has 0 aliphatic carbocycles. The van der Waals surface area contributed by atoms with Crippen LogP contribution in [0.2, 0.25) is 0 Å². The summed E-state index contributed by atoms with van der Waals surface area (Å²) in [6.07, 6.45) is 0. The molecular formula is C26H20N2. The topological polar surface area (TPSA) is 8.17 Å². The highest BCUT2D eigenvalue weighted by molar-refractivity contribution is 6.05. The number of hydrogen-bond donors (Lipinski definition) is 0. The lowest BCUT2D eigenvalue weighted by atomic mass is 9.97. The second-order valence-corrected chi connectivity index (χ2v) is 7.34. The molecule has 0 saturated carbocycles. The Morgan fingerprint density at radius 1 is 0.679 bits per heavy atom. The highest BCUT2D eigenvalue weighted by atomic mass is 15.3. The Hall–Kier alpha value is -3.52. The van der Waals surface area contributed by atoms with Crippen LogP contribution in [-0.4, -0.2) is 11.1 Å². The molecule has 1 aliphatic heterocycles. The van der Waals surface area contributed by atoms with E-state index in [1.165, 1.54) is 50.0 Å². The number of hydrogen-bond acceptors (Lipinski definition) is 1. The molecule has 2 nitrogen and oxygen atoms in total. The Morgan fingerprint density at radius 3 is 2.32 bits per heavy atom. The average Bonchev–Trinajstić information content (AvgIpc) is 3.07. The van der Waals surface area contributed by atoms with E-state index in [0.717, 1.165) is 6.54 Å². The number of nitrogens with zero attached hydrogens (tertiary/aromatic N) is 2. The summed E-state index contributed by atoms with van der Waals surface area (Å²) < 4.78 is 2.45. The second kappa shape index (κ2) is 5.74. The highest BCUT2D eigenvalue weighted by Gasteiger charge is 2.26. The minimum Gasteiger partial charge on any atom is -0.327 e. The van der Waals surface area contributed by atoms with Crippen molar-refractivity contribution >= 4 is 33.2 Å². The molecule has 0 spiro atoms. The van der Waals surface area contributed by atoms with E-state index in [0.29, 0.717) is 0 Å². The summed E-state index contributed by atoms with van der Waals surface area (Å²) in [6.45, 7) is 3.14. The normalized spacial score (nSPS) is 12.5. The first kappa shape index (κ1) is 15.5. The summed E-state index contributed by atoms with van der Waals surface area (Å²) in [5.74, 6) is 1.23. The van der Waals surface area contributed by atoms with E-state index < -0.39 is 0 Å². The maximum atomic E-state index is 2.45. The van der Waals surface area contributed by atoms with Gasteiger partial charge in [0.05, 0.1) is 16.9 Å². The number of aromatic nitrogens is 1. The molecule has 0 unspecified atom stereocenters. The fourth-order valence-corrected chi connectivity index (χ4v) is 4.68. The van der Waals surface area contributed by atoms with Crippen molar-refractivity contribution in [2.24, 2.45) is 0 Å². The SMILES string of the molecule is CCN1c2ccccc2-c2ccc3ccccc3c2-n2c1cc1ccccc12. The van der Waals surface area contributed by atoms with Crippen LogP contribution in [0.25, 0.3) is 38.5 Å². The van der Waals surface area contributed by atoms with Gasteiger partial charge in [-0.25, -0.2) is 0 Å². The molecule has 1 aliphatic rings. The highest BCUT2D eigenvalue weighted by Crippen LogP contribution is 2.47. The lowest BCUT2D eigenvalue weighted by Gasteiger charge is -2.24. The first-order valence-electron chi connectivity index (χ1n) is 9.86. The molecule has 2 heteroatoms. The predicted octanol–water partition coefficient (Wildman–Crippen LogP) is 6.92. The molecule has 0 amide bonds. The summed E-state index contributed by atoms with van der Waals surface area (Å²) in [4.78, 5) is 2.43. The maximum Gasteiger partial charge on any atom is 0.118 e. The van der Waals surface area contributed by atoms with Crippen molar-refractivity contribution < 1.29 is 0 Å². The zero-order valence-corrected chi connectivity index (χ0v) is 15.8. The Bertz CT molecular complexity index is 1360. The van der Waals surface area contributed by atoms with Crippen molar-refractivity contribution in [3.05, 3.63) is 91.0 Å². The minimum atomic E-state index is 0.916. The van der Waals surface area contributed by atoms with Crippen LogP contribution >= 0.6 is 0 Å². The second-order valence-electron chi connectivity index (χ2n) is 7.34. The van der Waals surface area contributed by atoms with Crippen LogP contribution in [0.3, 0.4) is 0 Å². The van der Waals surface area contributed by atoms with Gasteiger partial charge in [0.25, 0.3) is 0 Å². The Kier molecular flexibility index (Phi) is 3.18. The summed E-state index contributed by atoms with van der Waals surface area (Å²) in [5.41, 5.74) is 6.37. The third-order valence-electron chi connectivity index (χ3n) is 5.89. The molecule has 5 aromatic rings. The van der Waals surface area contributed by atoms with E-state index in [1.807, 2.05) is 0 Å². The van der Waals surface area contributed by atoms with Gasteiger partial charge in [0.15, 0.2) is 0 Å². The molecule has 0 N–H and O–H groups in total. The summed E-state index contributed by atoms with van der Waals surface area (Å²) in [5, 5.41) is 3.83. The molecule has 4 aromatic carbocycles. The van der Waals surface area contributed by atoms with Crippen molar-refractivity contribution in [1.82, 2.24) is 4.57 Å². The molecule has 0 bridgehead atoms. The molecular weight excluding hydrogens is 340 g/mol. The van der Waals surface area contributed by atoms with Gasteiger partial charge in [-0.15, -0.1) is 0 Å². The lowest BCUT2D eigenvalue weighted by molar-refractivity contribution is 0.971. The van der Waals surface area contributed by atoms with Gasteiger partial charge in [0.1, 0.15) is 5.82 Å². The minimum absolute atomic E-state index is 0.916. The molecule has 2 heterocycles. The van der Waals surface area contributed by atoms with Crippen LogP contribution in [0.1, 0.15) is 6.92 Å². The van der Waals surface area contributed by atoms with E-state index in [4.69, 9.17) is 0 Å². The summed E-state index contributed by atoms with van der Waals surface area (Å²) >= 11 is 0. The van der Waals surface area contributed by atoms with Crippen molar-refractivity contribution in [3.8, 4) is 16.8 Å². The van der Waals surface area contributed by atoms with E-state index in [1.54, 1.807) is 0 Å². The van der Waals surface area contributed by atoms with Gasteiger partial charge < -0.3 is 4.90 Å². The number of anilines is 2. The molecule has 28 heavy (non-hydrogen) atoms. The Balaban J connectivity index is 1.89. The monoisotopic (exact) mass is 360 g/mol.